The molecule has 0 fully saturated rings. The molecule has 0 saturated carbocycles. The second-order valence-electron chi connectivity index (χ2n) is 4.15. The molecule has 1 aromatic carbocycles. The van der Waals surface area contributed by atoms with Gasteiger partial charge >= 0.3 is 7.12 Å². The summed E-state index contributed by atoms with van der Waals surface area (Å²) >= 11 is 12.1. The molecule has 0 bridgehead atoms. The van der Waals surface area contributed by atoms with E-state index >= 15 is 0 Å². The summed E-state index contributed by atoms with van der Waals surface area (Å²) in [6.45, 7) is 4.56. The first-order chi connectivity index (χ1) is 9.56. The molecule has 0 atom stereocenters. The second kappa shape index (κ2) is 6.63. The van der Waals surface area contributed by atoms with Crippen LogP contribution >= 0.6 is 23.2 Å². The molecule has 0 aliphatic carbocycles. The van der Waals surface area contributed by atoms with Gasteiger partial charge in [-0.25, -0.2) is 0 Å². The van der Waals surface area contributed by atoms with Crippen LogP contribution in [0, 0.1) is 0 Å². The lowest BCUT2D eigenvalue weighted by atomic mass is 9.79. The fourth-order valence-corrected chi connectivity index (χ4v) is 2.50. The van der Waals surface area contributed by atoms with E-state index in [9.17, 15) is 4.79 Å². The number of halogens is 2. The third-order valence-electron chi connectivity index (χ3n) is 2.79. The fraction of sp³-hybridized carbons (Fsp3) is 0.308. The van der Waals surface area contributed by atoms with E-state index in [0.717, 1.165) is 0 Å². The van der Waals surface area contributed by atoms with Crippen LogP contribution in [-0.4, -0.2) is 25.3 Å². The average molecular weight is 314 g/mol. The monoisotopic (exact) mass is 313 g/mol. The minimum Gasteiger partial charge on any atom is -0.407 e. The second-order valence-corrected chi connectivity index (χ2v) is 4.99. The third-order valence-corrected chi connectivity index (χ3v) is 3.33. The lowest BCUT2D eigenvalue weighted by Crippen LogP contribution is -2.46. The van der Waals surface area contributed by atoms with Gasteiger partial charge in [0.05, 0.1) is 10.5 Å². The molecular formula is C13H14BCl2NO3. The van der Waals surface area contributed by atoms with E-state index in [-0.39, 0.29) is 5.56 Å². The summed E-state index contributed by atoms with van der Waals surface area (Å²) in [5.41, 5.74) is 0.705. The van der Waals surface area contributed by atoms with Gasteiger partial charge in [0.1, 0.15) is 0 Å². The van der Waals surface area contributed by atoms with Gasteiger partial charge in [0.15, 0.2) is 0 Å². The Hall–Kier alpha value is -1.01. The Morgan fingerprint density at radius 1 is 1.15 bits per heavy atom. The molecule has 0 amide bonds. The highest BCUT2D eigenvalue weighted by atomic mass is 35.5. The van der Waals surface area contributed by atoms with Crippen molar-refractivity contribution >= 4 is 46.7 Å². The number of nitrogens with one attached hydrogen (secondary N) is 1. The first-order valence-corrected chi connectivity index (χ1v) is 7.07. The average Bonchev–Trinajstić information content (AvgIpc) is 2.37. The van der Waals surface area contributed by atoms with Gasteiger partial charge in [0.25, 0.3) is 0 Å². The molecule has 1 aromatic heterocycles. The van der Waals surface area contributed by atoms with Crippen LogP contribution in [0.15, 0.2) is 23.0 Å². The zero-order valence-corrected chi connectivity index (χ0v) is 12.7. The van der Waals surface area contributed by atoms with Gasteiger partial charge in [-0.3, -0.25) is 4.79 Å². The molecule has 0 aliphatic rings. The highest BCUT2D eigenvalue weighted by molar-refractivity contribution is 6.61. The van der Waals surface area contributed by atoms with Gasteiger partial charge in [0, 0.05) is 29.1 Å². The standard InChI is InChI=1S/C13H14BCl2NO3/c1-3-19-14(20-4-2)10-7-9-11(16)5-8(15)6-12(9)17-13(10)18/h5-7H,3-4H2,1-2H3,(H,17,18). The number of hydrogen-bond donors (Lipinski definition) is 1. The molecule has 7 heteroatoms. The normalized spacial score (nSPS) is 11.0. The van der Waals surface area contributed by atoms with Crippen molar-refractivity contribution in [3.63, 3.8) is 0 Å². The zero-order chi connectivity index (χ0) is 14.7. The van der Waals surface area contributed by atoms with Crippen LogP contribution < -0.4 is 11.0 Å². The van der Waals surface area contributed by atoms with E-state index < -0.39 is 7.12 Å². The van der Waals surface area contributed by atoms with Crippen molar-refractivity contribution in [3.05, 3.63) is 38.6 Å². The first kappa shape index (κ1) is 15.4. The molecule has 0 saturated heterocycles. The van der Waals surface area contributed by atoms with E-state index in [1.807, 2.05) is 13.8 Å². The fourth-order valence-electron chi connectivity index (χ4n) is 1.96. The highest BCUT2D eigenvalue weighted by Gasteiger charge is 2.24. The maximum atomic E-state index is 12.1. The maximum absolute atomic E-state index is 12.1. The number of fused-ring (bicyclic) bond motifs is 1. The summed E-state index contributed by atoms with van der Waals surface area (Å²) in [6.07, 6.45) is 0. The number of aromatic amines is 1. The Labute approximate surface area is 127 Å². The Morgan fingerprint density at radius 3 is 2.40 bits per heavy atom. The van der Waals surface area contributed by atoms with Gasteiger partial charge in [-0.2, -0.15) is 0 Å². The van der Waals surface area contributed by atoms with Crippen LogP contribution in [0.5, 0.6) is 0 Å². The number of H-pyrrole nitrogens is 1. The lowest BCUT2D eigenvalue weighted by Gasteiger charge is -2.13. The quantitative estimate of drug-likeness (QED) is 0.863. The largest absolute Gasteiger partial charge is 0.499 e. The van der Waals surface area contributed by atoms with Crippen molar-refractivity contribution in [2.45, 2.75) is 13.8 Å². The van der Waals surface area contributed by atoms with E-state index in [2.05, 4.69) is 4.98 Å². The van der Waals surface area contributed by atoms with Crippen molar-refractivity contribution in [1.82, 2.24) is 4.98 Å². The summed E-state index contributed by atoms with van der Waals surface area (Å²) in [4.78, 5) is 14.9. The van der Waals surface area contributed by atoms with Crippen LogP contribution in [0.4, 0.5) is 0 Å². The van der Waals surface area contributed by atoms with Crippen molar-refractivity contribution in [2.75, 3.05) is 13.2 Å². The van der Waals surface area contributed by atoms with Crippen LogP contribution in [0.1, 0.15) is 13.8 Å². The van der Waals surface area contributed by atoms with Crippen molar-refractivity contribution in [1.29, 1.82) is 0 Å². The number of pyridine rings is 1. The van der Waals surface area contributed by atoms with Crippen LogP contribution in [-0.2, 0) is 9.31 Å². The van der Waals surface area contributed by atoms with Crippen LogP contribution in [0.2, 0.25) is 10.0 Å². The summed E-state index contributed by atoms with van der Waals surface area (Å²) < 4.78 is 10.9. The van der Waals surface area contributed by atoms with E-state index in [0.29, 0.717) is 39.6 Å². The Kier molecular flexibility index (Phi) is 5.10. The molecule has 0 spiro atoms. The predicted molar refractivity (Wildman–Crippen MR) is 83.2 cm³/mol. The summed E-state index contributed by atoms with van der Waals surface area (Å²) in [6, 6.07) is 4.97. The Bertz CT molecular complexity index is 668. The van der Waals surface area contributed by atoms with E-state index in [1.165, 1.54) is 0 Å². The molecule has 2 aromatic rings. The Balaban J connectivity index is 2.59. The zero-order valence-electron chi connectivity index (χ0n) is 11.2. The summed E-state index contributed by atoms with van der Waals surface area (Å²) in [7, 11) is -0.704. The van der Waals surface area contributed by atoms with Gasteiger partial charge in [-0.05, 0) is 32.0 Å². The van der Waals surface area contributed by atoms with Gasteiger partial charge < -0.3 is 14.3 Å². The Morgan fingerprint density at radius 2 is 1.80 bits per heavy atom. The molecule has 2 rings (SSSR count). The molecule has 106 valence electrons. The number of rotatable bonds is 5. The van der Waals surface area contributed by atoms with Gasteiger partial charge in [0.2, 0.25) is 5.56 Å². The first-order valence-electron chi connectivity index (χ1n) is 6.32. The molecule has 20 heavy (non-hydrogen) atoms. The molecule has 0 unspecified atom stereocenters. The van der Waals surface area contributed by atoms with Gasteiger partial charge in [-0.15, -0.1) is 0 Å². The van der Waals surface area contributed by atoms with Crippen LogP contribution in [0.3, 0.4) is 0 Å². The minimum atomic E-state index is -0.704. The molecule has 0 aliphatic heterocycles. The third kappa shape index (κ3) is 3.18. The van der Waals surface area contributed by atoms with Crippen molar-refractivity contribution in [3.8, 4) is 0 Å². The van der Waals surface area contributed by atoms with Crippen molar-refractivity contribution < 1.29 is 9.31 Å². The summed E-state index contributed by atoms with van der Waals surface area (Å²) in [5.74, 6) is 0. The molecule has 4 nitrogen and oxygen atoms in total. The predicted octanol–water partition coefficient (Wildman–Crippen LogP) is 2.60. The number of aromatic nitrogens is 1. The SMILES string of the molecule is CCOB(OCC)c1cc2c(Cl)cc(Cl)cc2[nH]c1=O. The minimum absolute atomic E-state index is 0.275. The lowest BCUT2D eigenvalue weighted by molar-refractivity contribution is 0.225. The summed E-state index contributed by atoms with van der Waals surface area (Å²) in [5, 5.41) is 1.64. The van der Waals surface area contributed by atoms with E-state index in [4.69, 9.17) is 32.5 Å². The topological polar surface area (TPSA) is 51.3 Å². The molecular weight excluding hydrogens is 300 g/mol. The smallest absolute Gasteiger partial charge is 0.407 e. The van der Waals surface area contributed by atoms with E-state index in [1.54, 1.807) is 18.2 Å². The van der Waals surface area contributed by atoms with Crippen molar-refractivity contribution in [2.24, 2.45) is 0 Å². The molecule has 1 N–H and O–H groups in total. The van der Waals surface area contributed by atoms with Crippen LogP contribution in [0.25, 0.3) is 10.9 Å². The van der Waals surface area contributed by atoms with Gasteiger partial charge in [-0.1, -0.05) is 23.2 Å². The molecule has 0 radical (unpaired) electrons. The maximum Gasteiger partial charge on any atom is 0.499 e. The number of benzene rings is 1. The highest BCUT2D eigenvalue weighted by Crippen LogP contribution is 2.25. The molecule has 1 heterocycles. The number of hydrogen-bond acceptors (Lipinski definition) is 3.